The fraction of sp³-hybridized carbons (Fsp3) is 0.500. The van der Waals surface area contributed by atoms with Gasteiger partial charge in [0.05, 0.1) is 25.4 Å². The van der Waals surface area contributed by atoms with E-state index in [4.69, 9.17) is 8.92 Å². The van der Waals surface area contributed by atoms with E-state index in [1.165, 1.54) is 0 Å². The summed E-state index contributed by atoms with van der Waals surface area (Å²) in [6, 6.07) is 9.08. The SMILES string of the molecule is CS(=O)(=O)O[C@@H]1C[C@@H](F)CN(C(=O)OCc2ccccc2)C1. The van der Waals surface area contributed by atoms with Crippen LogP contribution in [0.2, 0.25) is 0 Å². The molecule has 1 aromatic carbocycles. The third-order valence-corrected chi connectivity index (χ3v) is 3.76. The van der Waals surface area contributed by atoms with Crippen LogP contribution >= 0.6 is 0 Å². The maximum atomic E-state index is 13.7. The quantitative estimate of drug-likeness (QED) is 0.786. The number of hydrogen-bond donors (Lipinski definition) is 0. The van der Waals surface area contributed by atoms with Gasteiger partial charge < -0.3 is 9.64 Å². The summed E-state index contributed by atoms with van der Waals surface area (Å²) in [4.78, 5) is 13.1. The van der Waals surface area contributed by atoms with Crippen molar-refractivity contribution >= 4 is 16.2 Å². The third kappa shape index (κ3) is 5.27. The molecule has 0 saturated carbocycles. The highest BCUT2D eigenvalue weighted by atomic mass is 32.2. The number of amides is 1. The number of nitrogens with zero attached hydrogens (tertiary/aromatic N) is 1. The van der Waals surface area contributed by atoms with Crippen molar-refractivity contribution in [1.29, 1.82) is 0 Å². The van der Waals surface area contributed by atoms with E-state index in [9.17, 15) is 17.6 Å². The molecule has 0 N–H and O–H groups in total. The summed E-state index contributed by atoms with van der Waals surface area (Å²) in [6.45, 7) is -0.0664. The van der Waals surface area contributed by atoms with Crippen molar-refractivity contribution < 1.29 is 26.5 Å². The number of alkyl halides is 1. The molecular formula is C14H18FNO5S. The minimum atomic E-state index is -3.70. The standard InChI is InChI=1S/C14H18FNO5S/c1-22(18,19)21-13-7-12(15)8-16(9-13)14(17)20-10-11-5-3-2-4-6-11/h2-6,12-13H,7-10H2,1H3/t12-,13-/m1/s1. The lowest BCUT2D eigenvalue weighted by atomic mass is 10.1. The minimum Gasteiger partial charge on any atom is -0.445 e. The molecule has 0 radical (unpaired) electrons. The molecule has 0 aliphatic carbocycles. The van der Waals surface area contributed by atoms with Crippen LogP contribution in [-0.2, 0) is 25.6 Å². The van der Waals surface area contributed by atoms with Crippen LogP contribution in [0.3, 0.4) is 0 Å². The molecule has 8 heteroatoms. The molecule has 0 spiro atoms. The number of ether oxygens (including phenoxy) is 1. The predicted molar refractivity (Wildman–Crippen MR) is 77.4 cm³/mol. The molecule has 1 saturated heterocycles. The van der Waals surface area contributed by atoms with Gasteiger partial charge in [-0.05, 0) is 5.56 Å². The van der Waals surface area contributed by atoms with Gasteiger partial charge in [0, 0.05) is 6.42 Å². The molecule has 0 bridgehead atoms. The second-order valence-electron chi connectivity index (χ2n) is 5.20. The molecule has 1 fully saturated rings. The number of piperidine rings is 1. The van der Waals surface area contributed by atoms with Crippen LogP contribution in [0.5, 0.6) is 0 Å². The summed E-state index contributed by atoms with van der Waals surface area (Å²) in [5, 5.41) is 0. The average molecular weight is 331 g/mol. The Hall–Kier alpha value is -1.67. The molecule has 1 aliphatic rings. The zero-order valence-electron chi connectivity index (χ0n) is 12.1. The van der Waals surface area contributed by atoms with Gasteiger partial charge in [-0.2, -0.15) is 8.42 Å². The molecule has 1 aromatic rings. The molecule has 0 aromatic heterocycles. The summed E-state index contributed by atoms with van der Waals surface area (Å²) in [5.41, 5.74) is 0.814. The molecule has 0 unspecified atom stereocenters. The Labute approximate surface area is 128 Å². The van der Waals surface area contributed by atoms with Crippen LogP contribution in [0.4, 0.5) is 9.18 Å². The largest absolute Gasteiger partial charge is 0.445 e. The van der Waals surface area contributed by atoms with Gasteiger partial charge in [-0.3, -0.25) is 4.18 Å². The Kier molecular flexibility index (Phi) is 5.36. The van der Waals surface area contributed by atoms with Crippen molar-refractivity contribution in [3.63, 3.8) is 0 Å². The fourth-order valence-corrected chi connectivity index (χ4v) is 2.90. The molecule has 2 atom stereocenters. The minimum absolute atomic E-state index is 0.0128. The van der Waals surface area contributed by atoms with Gasteiger partial charge in [-0.15, -0.1) is 0 Å². The van der Waals surface area contributed by atoms with E-state index in [0.717, 1.165) is 16.7 Å². The highest BCUT2D eigenvalue weighted by Gasteiger charge is 2.33. The average Bonchev–Trinajstić information content (AvgIpc) is 2.43. The van der Waals surface area contributed by atoms with Crippen LogP contribution in [0.25, 0.3) is 0 Å². The molecule has 1 aliphatic heterocycles. The Morgan fingerprint density at radius 1 is 1.32 bits per heavy atom. The van der Waals surface area contributed by atoms with Crippen LogP contribution in [0.15, 0.2) is 30.3 Å². The smallest absolute Gasteiger partial charge is 0.410 e. The number of benzene rings is 1. The topological polar surface area (TPSA) is 72.9 Å². The molecular weight excluding hydrogens is 313 g/mol. The van der Waals surface area contributed by atoms with E-state index in [1.807, 2.05) is 18.2 Å². The molecule has 2 rings (SSSR count). The van der Waals surface area contributed by atoms with Crippen molar-refractivity contribution in [2.75, 3.05) is 19.3 Å². The van der Waals surface area contributed by atoms with Crippen LogP contribution in [-0.4, -0.2) is 51.0 Å². The number of carbonyl (C=O) groups excluding carboxylic acids is 1. The summed E-state index contributed by atoms with van der Waals surface area (Å²) >= 11 is 0. The van der Waals surface area contributed by atoms with Gasteiger partial charge in [0.1, 0.15) is 12.8 Å². The van der Waals surface area contributed by atoms with Crippen molar-refractivity contribution in [1.82, 2.24) is 4.90 Å². The predicted octanol–water partition coefficient (Wildman–Crippen LogP) is 1.71. The van der Waals surface area contributed by atoms with Crippen molar-refractivity contribution in [3.05, 3.63) is 35.9 Å². The monoisotopic (exact) mass is 331 g/mol. The van der Waals surface area contributed by atoms with Gasteiger partial charge in [0.15, 0.2) is 0 Å². The van der Waals surface area contributed by atoms with E-state index >= 15 is 0 Å². The van der Waals surface area contributed by atoms with Gasteiger partial charge in [0.25, 0.3) is 10.1 Å². The molecule has 122 valence electrons. The molecule has 1 amide bonds. The first-order valence-electron chi connectivity index (χ1n) is 6.81. The van der Waals surface area contributed by atoms with Gasteiger partial charge in [-0.1, -0.05) is 30.3 Å². The summed E-state index contributed by atoms with van der Waals surface area (Å²) in [5.74, 6) is 0. The Bertz CT molecular complexity index is 607. The van der Waals surface area contributed by atoms with Crippen LogP contribution in [0.1, 0.15) is 12.0 Å². The highest BCUT2D eigenvalue weighted by Crippen LogP contribution is 2.19. The van der Waals surface area contributed by atoms with E-state index in [-0.39, 0.29) is 26.1 Å². The molecule has 22 heavy (non-hydrogen) atoms. The first kappa shape index (κ1) is 16.7. The maximum absolute atomic E-state index is 13.7. The molecule has 6 nitrogen and oxygen atoms in total. The zero-order valence-corrected chi connectivity index (χ0v) is 13.0. The Morgan fingerprint density at radius 2 is 2.00 bits per heavy atom. The van der Waals surface area contributed by atoms with Crippen LogP contribution < -0.4 is 0 Å². The van der Waals surface area contributed by atoms with Crippen molar-refractivity contribution in [2.24, 2.45) is 0 Å². The number of likely N-dealkylation sites (tertiary alicyclic amines) is 1. The van der Waals surface area contributed by atoms with Gasteiger partial charge >= 0.3 is 6.09 Å². The van der Waals surface area contributed by atoms with Crippen molar-refractivity contribution in [3.8, 4) is 0 Å². The summed E-state index contributed by atoms with van der Waals surface area (Å²) < 4.78 is 45.8. The highest BCUT2D eigenvalue weighted by molar-refractivity contribution is 7.86. The number of carbonyl (C=O) groups is 1. The maximum Gasteiger partial charge on any atom is 0.410 e. The van der Waals surface area contributed by atoms with Crippen LogP contribution in [0, 0.1) is 0 Å². The van der Waals surface area contributed by atoms with E-state index in [2.05, 4.69) is 0 Å². The van der Waals surface area contributed by atoms with E-state index in [0.29, 0.717) is 0 Å². The summed E-state index contributed by atoms with van der Waals surface area (Å²) in [7, 11) is -3.70. The van der Waals surface area contributed by atoms with Gasteiger partial charge in [0.2, 0.25) is 0 Å². The number of hydrogen-bond acceptors (Lipinski definition) is 5. The lowest BCUT2D eigenvalue weighted by molar-refractivity contribution is 0.0284. The lowest BCUT2D eigenvalue weighted by Crippen LogP contribution is -2.48. The Morgan fingerprint density at radius 3 is 2.64 bits per heavy atom. The van der Waals surface area contributed by atoms with Gasteiger partial charge in [-0.25, -0.2) is 9.18 Å². The van der Waals surface area contributed by atoms with Crippen molar-refractivity contribution in [2.45, 2.75) is 25.3 Å². The van der Waals surface area contributed by atoms with E-state index in [1.54, 1.807) is 12.1 Å². The third-order valence-electron chi connectivity index (χ3n) is 3.14. The summed E-state index contributed by atoms with van der Waals surface area (Å²) in [6.07, 6.45) is -2.08. The second kappa shape index (κ2) is 7.06. The number of rotatable bonds is 4. The Balaban J connectivity index is 1.91. The molecule has 1 heterocycles. The van der Waals surface area contributed by atoms with E-state index < -0.39 is 28.5 Å². The fourth-order valence-electron chi connectivity index (χ4n) is 2.27. The number of halogens is 1. The zero-order chi connectivity index (χ0) is 16.2. The lowest BCUT2D eigenvalue weighted by Gasteiger charge is -2.33. The second-order valence-corrected chi connectivity index (χ2v) is 6.80. The first-order chi connectivity index (χ1) is 10.3. The normalized spacial score (nSPS) is 22.4. The first-order valence-corrected chi connectivity index (χ1v) is 8.63.